The van der Waals surface area contributed by atoms with Crippen LogP contribution in [0.1, 0.15) is 0 Å². The first-order valence-corrected chi connectivity index (χ1v) is 19.3. The summed E-state index contributed by atoms with van der Waals surface area (Å²) in [5, 5.41) is 4.60. The minimum Gasteiger partial charge on any atom is -0.246 e. The number of halogens is 12. The summed E-state index contributed by atoms with van der Waals surface area (Å²) in [6.07, 6.45) is 0. The maximum absolute atomic E-state index is 10.7. The van der Waals surface area contributed by atoms with E-state index < -0.39 is 15.6 Å². The summed E-state index contributed by atoms with van der Waals surface area (Å²) >= 11 is 0. The van der Waals surface area contributed by atoms with Crippen molar-refractivity contribution in [2.24, 2.45) is 0 Å². The van der Waals surface area contributed by atoms with Crippen LogP contribution in [0, 0.1) is 0 Å². The van der Waals surface area contributed by atoms with Crippen molar-refractivity contribution in [3.05, 3.63) is 146 Å². The van der Waals surface area contributed by atoms with Gasteiger partial charge in [-0.25, -0.2) is 19.9 Å². The van der Waals surface area contributed by atoms with Gasteiger partial charge in [-0.1, -0.05) is 97.1 Å². The number of nitrogens with zero attached hydrogens (tertiary/aromatic N) is 4. The van der Waals surface area contributed by atoms with E-state index in [1.54, 1.807) is 0 Å². The minimum atomic E-state index is -10.7. The van der Waals surface area contributed by atoms with E-state index in [4.69, 9.17) is 0 Å². The second-order valence-corrected chi connectivity index (χ2v) is 15.3. The molecule has 0 atom stereocenters. The maximum atomic E-state index is 9.87. The smallest absolute Gasteiger partial charge is 0.246 e. The van der Waals surface area contributed by atoms with Crippen LogP contribution in [0.25, 0.3) is 66.4 Å². The van der Waals surface area contributed by atoms with Gasteiger partial charge in [-0.15, -0.1) is 0 Å². The Labute approximate surface area is 316 Å². The Balaban J connectivity index is 0.000000181. The zero-order valence-electron chi connectivity index (χ0n) is 27.4. The SMILES string of the molecule is F[P-](F)(F)(F)(F)F.F[P-](F)(F)(F)(F)F.[Ru+2].c1ccc2nc(-c3ccc4ccccc4n3)ccc2c1.c1ccc2nc(-c3ccc4ccccc4n3)ccc2c1. The second-order valence-electron chi connectivity index (χ2n) is 11.5. The van der Waals surface area contributed by atoms with Crippen LogP contribution in [0.5, 0.6) is 0 Å². The molecular weight excluding hydrogens is 879 g/mol. The van der Waals surface area contributed by atoms with Gasteiger partial charge in [0.25, 0.3) is 0 Å². The number of hydrogen-bond donors (Lipinski definition) is 0. The fraction of sp³-hybridized carbons (Fsp3) is 0. The summed E-state index contributed by atoms with van der Waals surface area (Å²) in [4.78, 5) is 18.8. The summed E-state index contributed by atoms with van der Waals surface area (Å²) in [5.74, 6) is 0. The largest absolute Gasteiger partial charge is 2.00 e. The maximum Gasteiger partial charge on any atom is 2.00 e. The molecule has 0 aliphatic carbocycles. The third kappa shape index (κ3) is 15.8. The molecule has 0 fully saturated rings. The number of para-hydroxylation sites is 4. The topological polar surface area (TPSA) is 51.6 Å². The number of rotatable bonds is 2. The van der Waals surface area contributed by atoms with Crippen molar-refractivity contribution in [3.8, 4) is 22.8 Å². The molecule has 4 aromatic carbocycles. The van der Waals surface area contributed by atoms with Crippen LogP contribution >= 0.6 is 15.6 Å². The molecule has 55 heavy (non-hydrogen) atoms. The molecule has 8 rings (SSSR count). The molecule has 19 heteroatoms. The first kappa shape index (κ1) is 42.9. The van der Waals surface area contributed by atoms with Crippen LogP contribution in [-0.4, -0.2) is 19.9 Å². The van der Waals surface area contributed by atoms with Gasteiger partial charge in [0, 0.05) is 21.5 Å². The molecule has 4 aromatic heterocycles. The molecule has 8 aromatic rings. The predicted molar refractivity (Wildman–Crippen MR) is 192 cm³/mol. The summed E-state index contributed by atoms with van der Waals surface area (Å²) in [5.41, 5.74) is 7.65. The molecule has 0 radical (unpaired) electrons. The molecule has 4 heterocycles. The number of aromatic nitrogens is 4. The van der Waals surface area contributed by atoms with E-state index in [2.05, 4.69) is 68.5 Å². The van der Waals surface area contributed by atoms with Gasteiger partial charge >= 0.3 is 85.5 Å². The Morgan fingerprint density at radius 3 is 0.600 bits per heavy atom. The molecule has 0 N–H and O–H groups in total. The van der Waals surface area contributed by atoms with E-state index in [0.29, 0.717) is 0 Å². The van der Waals surface area contributed by atoms with Gasteiger partial charge in [0.05, 0.1) is 44.8 Å². The zero-order valence-corrected chi connectivity index (χ0v) is 31.0. The number of hydrogen-bond acceptors (Lipinski definition) is 4. The monoisotopic (exact) mass is 904 g/mol. The van der Waals surface area contributed by atoms with Crippen molar-refractivity contribution in [1.29, 1.82) is 0 Å². The van der Waals surface area contributed by atoms with Crippen molar-refractivity contribution in [3.63, 3.8) is 0 Å². The number of fused-ring (bicyclic) bond motifs is 4. The van der Waals surface area contributed by atoms with Crippen LogP contribution < -0.4 is 0 Å². The molecule has 0 amide bonds. The second kappa shape index (κ2) is 14.3. The minimum absolute atomic E-state index is 0. The van der Waals surface area contributed by atoms with E-state index in [9.17, 15) is 50.4 Å². The Morgan fingerprint density at radius 1 is 0.255 bits per heavy atom. The number of benzene rings is 4. The van der Waals surface area contributed by atoms with Crippen molar-refractivity contribution in [2.75, 3.05) is 0 Å². The molecule has 0 saturated carbocycles. The third-order valence-electron chi connectivity index (χ3n) is 6.92. The fourth-order valence-electron chi connectivity index (χ4n) is 4.83. The quantitative estimate of drug-likeness (QED) is 0.0985. The van der Waals surface area contributed by atoms with Crippen LogP contribution in [0.2, 0.25) is 0 Å². The Morgan fingerprint density at radius 2 is 0.418 bits per heavy atom. The average Bonchev–Trinajstić information content (AvgIpc) is 3.08. The zero-order chi connectivity index (χ0) is 39.5. The molecular formula is C36H24F12N4P2Ru. The van der Waals surface area contributed by atoms with Gasteiger partial charge in [-0.05, 0) is 48.5 Å². The summed E-state index contributed by atoms with van der Waals surface area (Å²) in [7, 11) is -21.3. The van der Waals surface area contributed by atoms with Crippen LogP contribution in [-0.2, 0) is 19.5 Å². The standard InChI is InChI=1S/2C18H12N2.2F6P.Ru/c2*1-3-7-15-13(5-1)9-11-17(19-15)18-12-10-14-6-2-4-8-16(14)20-18;2*1-7(2,3,4,5)6;/h2*1-12H;;;/q;;2*-1;+2. The average molecular weight is 904 g/mol. The van der Waals surface area contributed by atoms with Crippen molar-refractivity contribution < 1.29 is 69.8 Å². The molecule has 0 unspecified atom stereocenters. The summed E-state index contributed by atoms with van der Waals surface area (Å²) in [6, 6.07) is 49.0. The van der Waals surface area contributed by atoms with E-state index in [1.165, 1.54) is 0 Å². The van der Waals surface area contributed by atoms with Crippen LogP contribution in [0.3, 0.4) is 0 Å². The third-order valence-corrected chi connectivity index (χ3v) is 6.92. The van der Waals surface area contributed by atoms with Gasteiger partial charge in [-0.3, -0.25) is 0 Å². The molecule has 0 aliphatic heterocycles. The normalized spacial score (nSPS) is 13.9. The van der Waals surface area contributed by atoms with Gasteiger partial charge in [0.2, 0.25) is 0 Å². The van der Waals surface area contributed by atoms with E-state index in [0.717, 1.165) is 66.4 Å². The summed E-state index contributed by atoms with van der Waals surface area (Å²) < 4.78 is 118. The Bertz CT molecular complexity index is 2270. The molecule has 290 valence electrons. The van der Waals surface area contributed by atoms with Crippen molar-refractivity contribution in [2.45, 2.75) is 0 Å². The van der Waals surface area contributed by atoms with Gasteiger partial charge < -0.3 is 0 Å². The van der Waals surface area contributed by atoms with Crippen molar-refractivity contribution >= 4 is 59.2 Å². The van der Waals surface area contributed by atoms with E-state index >= 15 is 0 Å². The predicted octanol–water partition coefficient (Wildman–Crippen LogP) is 15.7. The van der Waals surface area contributed by atoms with Gasteiger partial charge in [0.1, 0.15) is 0 Å². The molecule has 0 spiro atoms. The Kier molecular flexibility index (Phi) is 11.2. The Hall–Kier alpha value is -4.84. The first-order chi connectivity index (χ1) is 24.7. The van der Waals surface area contributed by atoms with Gasteiger partial charge in [-0.2, -0.15) is 0 Å². The first-order valence-electron chi connectivity index (χ1n) is 15.3. The molecule has 0 bridgehead atoms. The van der Waals surface area contributed by atoms with Crippen LogP contribution in [0.4, 0.5) is 50.4 Å². The summed E-state index contributed by atoms with van der Waals surface area (Å²) in [6.45, 7) is 0. The molecule has 0 aliphatic rings. The van der Waals surface area contributed by atoms with Crippen LogP contribution in [0.15, 0.2) is 146 Å². The molecule has 0 saturated heterocycles. The molecule has 4 nitrogen and oxygen atoms in total. The van der Waals surface area contributed by atoms with Crippen molar-refractivity contribution in [1.82, 2.24) is 19.9 Å². The van der Waals surface area contributed by atoms with Gasteiger partial charge in [0.15, 0.2) is 0 Å². The number of pyridine rings is 4. The fourth-order valence-corrected chi connectivity index (χ4v) is 4.83. The van der Waals surface area contributed by atoms with E-state index in [-0.39, 0.29) is 19.5 Å². The van der Waals surface area contributed by atoms with E-state index in [1.807, 2.05) is 97.1 Å².